The fourth-order valence-corrected chi connectivity index (χ4v) is 7.36. The van der Waals surface area contributed by atoms with E-state index in [0.717, 1.165) is 12.8 Å². The molecule has 0 amide bonds. The van der Waals surface area contributed by atoms with Crippen LogP contribution in [0.3, 0.4) is 0 Å². The number of hydrogen-bond acceptors (Lipinski definition) is 3. The number of carboxylic acids is 1. The van der Waals surface area contributed by atoms with Crippen molar-refractivity contribution < 1.29 is 28.8 Å². The Morgan fingerprint density at radius 2 is 0.646 bits per heavy atom. The molecular weight excluding hydrogens is 581 g/mol. The van der Waals surface area contributed by atoms with Crippen LogP contribution in [0.4, 0.5) is 0 Å². The Hall–Kier alpha value is 0.0274. The SMILES string of the molecule is CCCCCCCCCCCCCCCCCCCN(CCCCCCCCCCCCCCCCCCC)C(C)CCCC(=O)[O-].[Li+]. The van der Waals surface area contributed by atoms with Crippen LogP contribution < -0.4 is 24.0 Å². The van der Waals surface area contributed by atoms with Crippen molar-refractivity contribution in [2.75, 3.05) is 13.1 Å². The Morgan fingerprint density at radius 1 is 0.417 bits per heavy atom. The standard InChI is InChI=1S/C44H89NO2.Li/c1-4-6-8-10-12-14-16-18-20-22-24-26-28-30-32-34-36-41-45(43(3)39-38-40-44(46)47)42-37-35-33-31-29-27-25-23-21-19-17-15-13-11-9-7-5-2;/h43H,4-42H2,1-3H3,(H,46,47);/q;+1/p-1. The molecule has 0 saturated carbocycles. The molecule has 0 aromatic heterocycles. The van der Waals surface area contributed by atoms with Crippen LogP contribution >= 0.6 is 0 Å². The molecule has 48 heavy (non-hydrogen) atoms. The number of nitrogens with zero attached hydrogens (tertiary/aromatic N) is 1. The topological polar surface area (TPSA) is 43.4 Å². The average molecular weight is 670 g/mol. The van der Waals surface area contributed by atoms with Gasteiger partial charge < -0.3 is 14.8 Å². The summed E-state index contributed by atoms with van der Waals surface area (Å²) in [6.45, 7) is 9.28. The molecule has 0 aliphatic carbocycles. The molecule has 3 nitrogen and oxygen atoms in total. The van der Waals surface area contributed by atoms with Crippen molar-refractivity contribution in [2.24, 2.45) is 0 Å². The second kappa shape index (κ2) is 43.2. The summed E-state index contributed by atoms with van der Waals surface area (Å²) in [6.07, 6.45) is 50.1. The molecule has 0 aromatic carbocycles. The third-order valence-corrected chi connectivity index (χ3v) is 10.7. The Labute approximate surface area is 315 Å². The predicted octanol–water partition coefficient (Wildman–Crippen LogP) is 10.9. The molecule has 4 heteroatoms. The second-order valence-electron chi connectivity index (χ2n) is 15.5. The van der Waals surface area contributed by atoms with Gasteiger partial charge in [0.05, 0.1) is 0 Å². The van der Waals surface area contributed by atoms with Crippen molar-refractivity contribution >= 4 is 5.97 Å². The monoisotopic (exact) mass is 670 g/mol. The number of unbranched alkanes of at least 4 members (excludes halogenated alkanes) is 32. The van der Waals surface area contributed by atoms with Crippen LogP contribution in [0.15, 0.2) is 0 Å². The molecule has 0 aromatic rings. The van der Waals surface area contributed by atoms with Crippen LogP contribution in [0.2, 0.25) is 0 Å². The minimum absolute atomic E-state index is 0. The Balaban J connectivity index is 0. The van der Waals surface area contributed by atoms with Crippen molar-refractivity contribution in [3.8, 4) is 0 Å². The van der Waals surface area contributed by atoms with E-state index in [1.165, 1.54) is 231 Å². The van der Waals surface area contributed by atoms with Crippen LogP contribution in [-0.4, -0.2) is 30.0 Å². The molecule has 0 spiro atoms. The molecular formula is C44H88LiNO2. The predicted molar refractivity (Wildman–Crippen MR) is 208 cm³/mol. The fraction of sp³-hybridized carbons (Fsp3) is 0.977. The third kappa shape index (κ3) is 40.5. The van der Waals surface area contributed by atoms with Gasteiger partial charge in [0.25, 0.3) is 0 Å². The van der Waals surface area contributed by atoms with Crippen molar-refractivity contribution in [1.29, 1.82) is 0 Å². The smallest absolute Gasteiger partial charge is 0.550 e. The van der Waals surface area contributed by atoms with Gasteiger partial charge in [-0.25, -0.2) is 0 Å². The summed E-state index contributed by atoms with van der Waals surface area (Å²) in [7, 11) is 0. The maximum Gasteiger partial charge on any atom is 1.00 e. The van der Waals surface area contributed by atoms with Crippen molar-refractivity contribution in [1.82, 2.24) is 4.90 Å². The number of rotatable bonds is 41. The summed E-state index contributed by atoms with van der Waals surface area (Å²) in [5.74, 6) is -0.898. The van der Waals surface area contributed by atoms with Crippen LogP contribution in [-0.2, 0) is 4.79 Å². The Morgan fingerprint density at radius 3 is 0.875 bits per heavy atom. The van der Waals surface area contributed by atoms with Gasteiger partial charge in [-0.2, -0.15) is 0 Å². The second-order valence-corrected chi connectivity index (χ2v) is 15.5. The maximum atomic E-state index is 10.9. The normalized spacial score (nSPS) is 12.1. The number of carbonyl (C=O) groups is 1. The summed E-state index contributed by atoms with van der Waals surface area (Å²) in [6, 6.07) is 0.483. The molecule has 0 bridgehead atoms. The van der Waals surface area contributed by atoms with Crippen LogP contribution in [0.5, 0.6) is 0 Å². The number of carbonyl (C=O) groups excluding carboxylic acids is 1. The zero-order valence-electron chi connectivity index (χ0n) is 33.9. The molecule has 0 N–H and O–H groups in total. The molecule has 0 saturated heterocycles. The number of aliphatic carboxylic acids is 1. The van der Waals surface area contributed by atoms with E-state index < -0.39 is 5.97 Å². The van der Waals surface area contributed by atoms with Gasteiger partial charge in [0.1, 0.15) is 0 Å². The minimum Gasteiger partial charge on any atom is -0.550 e. The van der Waals surface area contributed by atoms with E-state index in [9.17, 15) is 9.90 Å². The zero-order valence-corrected chi connectivity index (χ0v) is 33.9. The van der Waals surface area contributed by atoms with E-state index in [1.54, 1.807) is 0 Å². The van der Waals surface area contributed by atoms with E-state index in [2.05, 4.69) is 25.7 Å². The molecule has 0 heterocycles. The van der Waals surface area contributed by atoms with Gasteiger partial charge in [-0.05, 0) is 52.1 Å². The average Bonchev–Trinajstić information content (AvgIpc) is 3.06. The first kappa shape index (κ1) is 50.1. The van der Waals surface area contributed by atoms with E-state index in [0.29, 0.717) is 6.04 Å². The number of hydrogen-bond donors (Lipinski definition) is 0. The van der Waals surface area contributed by atoms with Gasteiger partial charge in [0.15, 0.2) is 0 Å². The van der Waals surface area contributed by atoms with Gasteiger partial charge >= 0.3 is 18.9 Å². The summed E-state index contributed by atoms with van der Waals surface area (Å²) in [4.78, 5) is 13.6. The Kier molecular flexibility index (Phi) is 45.1. The van der Waals surface area contributed by atoms with Gasteiger partial charge in [-0.1, -0.05) is 219 Å². The van der Waals surface area contributed by atoms with Gasteiger partial charge in [0.2, 0.25) is 0 Å². The fourth-order valence-electron chi connectivity index (χ4n) is 7.36. The van der Waals surface area contributed by atoms with Crippen molar-refractivity contribution in [3.63, 3.8) is 0 Å². The largest absolute Gasteiger partial charge is 1.00 e. The van der Waals surface area contributed by atoms with E-state index in [1.807, 2.05) is 0 Å². The minimum atomic E-state index is -0.898. The molecule has 0 fully saturated rings. The number of carboxylic acid groups (broad SMARTS) is 1. The molecule has 0 radical (unpaired) electrons. The molecule has 0 aliphatic rings. The van der Waals surface area contributed by atoms with Gasteiger partial charge in [0, 0.05) is 12.0 Å². The van der Waals surface area contributed by atoms with Crippen LogP contribution in [0, 0.1) is 0 Å². The molecule has 0 rings (SSSR count). The molecule has 1 atom stereocenters. The summed E-state index contributed by atoms with van der Waals surface area (Å²) in [5, 5.41) is 10.9. The van der Waals surface area contributed by atoms with E-state index in [4.69, 9.17) is 0 Å². The summed E-state index contributed by atoms with van der Waals surface area (Å²) in [5.41, 5.74) is 0. The third-order valence-electron chi connectivity index (χ3n) is 10.7. The first-order chi connectivity index (χ1) is 23.1. The Bertz CT molecular complexity index is 562. The maximum absolute atomic E-state index is 10.9. The summed E-state index contributed by atoms with van der Waals surface area (Å²) >= 11 is 0. The van der Waals surface area contributed by atoms with Gasteiger partial charge in [-0.15, -0.1) is 0 Å². The first-order valence-electron chi connectivity index (χ1n) is 22.1. The van der Waals surface area contributed by atoms with E-state index in [-0.39, 0.29) is 25.3 Å². The molecule has 1 unspecified atom stereocenters. The first-order valence-corrected chi connectivity index (χ1v) is 22.1. The van der Waals surface area contributed by atoms with Gasteiger partial charge in [-0.3, -0.25) is 0 Å². The zero-order chi connectivity index (χ0) is 34.3. The van der Waals surface area contributed by atoms with Crippen molar-refractivity contribution in [3.05, 3.63) is 0 Å². The van der Waals surface area contributed by atoms with Crippen molar-refractivity contribution in [2.45, 2.75) is 264 Å². The van der Waals surface area contributed by atoms with Crippen LogP contribution in [0.1, 0.15) is 258 Å². The summed E-state index contributed by atoms with van der Waals surface area (Å²) < 4.78 is 0. The van der Waals surface area contributed by atoms with E-state index >= 15 is 0 Å². The molecule has 282 valence electrons. The van der Waals surface area contributed by atoms with Crippen LogP contribution in [0.25, 0.3) is 0 Å². The quantitative estimate of drug-likeness (QED) is 0.0481. The molecule has 0 aliphatic heterocycles.